The lowest BCUT2D eigenvalue weighted by molar-refractivity contribution is 0.0952. The molecule has 0 atom stereocenters. The number of nitrogens with zero attached hydrogens (tertiary/aromatic N) is 4. The summed E-state index contributed by atoms with van der Waals surface area (Å²) < 4.78 is 1.64. The zero-order valence-corrected chi connectivity index (χ0v) is 10.00. The maximum Gasteiger partial charge on any atom is 0.255 e. The van der Waals surface area contributed by atoms with Gasteiger partial charge in [-0.1, -0.05) is 5.21 Å². The minimum absolute atomic E-state index is 0.236. The number of anilines is 1. The molecule has 2 heterocycles. The van der Waals surface area contributed by atoms with Gasteiger partial charge < -0.3 is 11.1 Å². The fourth-order valence-electron chi connectivity index (χ4n) is 1.50. The molecule has 7 heteroatoms. The Morgan fingerprint density at radius 2 is 2.39 bits per heavy atom. The van der Waals surface area contributed by atoms with Crippen LogP contribution in [0.4, 0.5) is 5.69 Å². The number of aryl methyl sites for hydroxylation is 1. The van der Waals surface area contributed by atoms with E-state index in [1.807, 2.05) is 6.92 Å². The molecule has 0 saturated carbocycles. The zero-order valence-electron chi connectivity index (χ0n) is 10.00. The zero-order chi connectivity index (χ0) is 13.0. The van der Waals surface area contributed by atoms with Crippen LogP contribution in [-0.4, -0.2) is 32.4 Å². The number of carbonyl (C=O) groups is 1. The molecule has 0 fully saturated rings. The van der Waals surface area contributed by atoms with Crippen LogP contribution in [0.2, 0.25) is 0 Å². The summed E-state index contributed by atoms with van der Waals surface area (Å²) >= 11 is 0. The predicted octanol–water partition coefficient (Wildman–Crippen LogP) is -0.00628. The van der Waals surface area contributed by atoms with E-state index in [0.717, 1.165) is 5.69 Å². The predicted molar refractivity (Wildman–Crippen MR) is 65.7 cm³/mol. The van der Waals surface area contributed by atoms with Gasteiger partial charge in [0.15, 0.2) is 0 Å². The topological polar surface area (TPSA) is 98.7 Å². The van der Waals surface area contributed by atoms with Crippen LogP contribution in [0.1, 0.15) is 16.1 Å². The number of nitrogen functional groups attached to an aromatic ring is 1. The molecule has 2 rings (SSSR count). The van der Waals surface area contributed by atoms with Crippen molar-refractivity contribution in [3.05, 3.63) is 35.9 Å². The van der Waals surface area contributed by atoms with E-state index in [1.165, 1.54) is 6.20 Å². The van der Waals surface area contributed by atoms with Crippen LogP contribution in [0.25, 0.3) is 0 Å². The third-order valence-corrected chi connectivity index (χ3v) is 2.42. The second-order valence-corrected chi connectivity index (χ2v) is 3.83. The summed E-state index contributed by atoms with van der Waals surface area (Å²) in [6, 6.07) is 1.67. The smallest absolute Gasteiger partial charge is 0.255 e. The van der Waals surface area contributed by atoms with Crippen molar-refractivity contribution in [1.29, 1.82) is 0 Å². The van der Waals surface area contributed by atoms with E-state index in [4.69, 9.17) is 5.73 Å². The highest BCUT2D eigenvalue weighted by molar-refractivity contribution is 5.98. The Morgan fingerprint density at radius 3 is 3.06 bits per heavy atom. The van der Waals surface area contributed by atoms with Crippen molar-refractivity contribution >= 4 is 11.6 Å². The molecule has 1 amide bonds. The van der Waals surface area contributed by atoms with E-state index in [-0.39, 0.29) is 5.91 Å². The highest BCUT2D eigenvalue weighted by Crippen LogP contribution is 2.10. The molecule has 0 aromatic carbocycles. The molecule has 0 unspecified atom stereocenters. The summed E-state index contributed by atoms with van der Waals surface area (Å²) in [5.74, 6) is -0.236. The molecular formula is C11H14N6O. The Bertz CT molecular complexity index is 536. The lowest BCUT2D eigenvalue weighted by Gasteiger charge is -2.07. The first-order valence-electron chi connectivity index (χ1n) is 5.51. The van der Waals surface area contributed by atoms with Gasteiger partial charge in [-0.05, 0) is 13.0 Å². The van der Waals surface area contributed by atoms with Crippen LogP contribution in [-0.2, 0) is 6.54 Å². The van der Waals surface area contributed by atoms with Crippen LogP contribution in [0.15, 0.2) is 24.7 Å². The molecule has 2 aromatic rings. The number of pyridine rings is 1. The molecule has 0 saturated heterocycles. The number of nitrogens with two attached hydrogens (primary N) is 1. The first-order valence-corrected chi connectivity index (χ1v) is 5.51. The molecule has 18 heavy (non-hydrogen) atoms. The first-order chi connectivity index (χ1) is 8.66. The fraction of sp³-hybridized carbons (Fsp3) is 0.273. The fourth-order valence-corrected chi connectivity index (χ4v) is 1.50. The number of hydrogen-bond acceptors (Lipinski definition) is 5. The maximum atomic E-state index is 11.8. The Labute approximate surface area is 104 Å². The molecule has 0 spiro atoms. The SMILES string of the molecule is Cc1cc(N)c(C(=O)NCCn2ccnn2)cn1. The van der Waals surface area contributed by atoms with E-state index in [9.17, 15) is 4.79 Å². The molecule has 0 aliphatic heterocycles. The van der Waals surface area contributed by atoms with Gasteiger partial charge in [0, 0.05) is 30.3 Å². The van der Waals surface area contributed by atoms with E-state index in [2.05, 4.69) is 20.6 Å². The Kier molecular flexibility index (Phi) is 3.52. The highest BCUT2D eigenvalue weighted by Gasteiger charge is 2.09. The van der Waals surface area contributed by atoms with Crippen molar-refractivity contribution in [2.24, 2.45) is 0 Å². The summed E-state index contributed by atoms with van der Waals surface area (Å²) in [6.45, 7) is 2.84. The van der Waals surface area contributed by atoms with Gasteiger partial charge in [-0.15, -0.1) is 5.10 Å². The van der Waals surface area contributed by atoms with Crippen LogP contribution >= 0.6 is 0 Å². The van der Waals surface area contributed by atoms with Gasteiger partial charge in [0.2, 0.25) is 0 Å². The third-order valence-electron chi connectivity index (χ3n) is 2.42. The Balaban J connectivity index is 1.91. The van der Waals surface area contributed by atoms with Gasteiger partial charge in [0.25, 0.3) is 5.91 Å². The van der Waals surface area contributed by atoms with Gasteiger partial charge in [-0.2, -0.15) is 0 Å². The molecule has 0 aliphatic rings. The summed E-state index contributed by atoms with van der Waals surface area (Å²) in [5.41, 5.74) is 7.36. The second kappa shape index (κ2) is 5.26. The van der Waals surface area contributed by atoms with Crippen LogP contribution in [0.5, 0.6) is 0 Å². The number of nitrogens with one attached hydrogen (secondary N) is 1. The average Bonchev–Trinajstić information content (AvgIpc) is 2.81. The molecular weight excluding hydrogens is 232 g/mol. The largest absolute Gasteiger partial charge is 0.398 e. The molecule has 3 N–H and O–H groups in total. The lowest BCUT2D eigenvalue weighted by atomic mass is 10.2. The summed E-state index contributed by atoms with van der Waals surface area (Å²) in [6.07, 6.45) is 4.80. The highest BCUT2D eigenvalue weighted by atomic mass is 16.1. The Hall–Kier alpha value is -2.44. The third kappa shape index (κ3) is 2.82. The van der Waals surface area contributed by atoms with Crippen molar-refractivity contribution in [3.8, 4) is 0 Å². The Morgan fingerprint density at radius 1 is 1.56 bits per heavy atom. The first kappa shape index (κ1) is 12.0. The summed E-state index contributed by atoms with van der Waals surface area (Å²) in [5, 5.41) is 10.2. The van der Waals surface area contributed by atoms with E-state index in [1.54, 1.807) is 23.1 Å². The number of aromatic nitrogens is 4. The van der Waals surface area contributed by atoms with E-state index < -0.39 is 0 Å². The molecule has 2 aromatic heterocycles. The quantitative estimate of drug-likeness (QED) is 0.790. The van der Waals surface area contributed by atoms with Gasteiger partial charge in [0.05, 0.1) is 18.3 Å². The van der Waals surface area contributed by atoms with Crippen molar-refractivity contribution in [2.45, 2.75) is 13.5 Å². The van der Waals surface area contributed by atoms with Crippen LogP contribution in [0.3, 0.4) is 0 Å². The average molecular weight is 246 g/mol. The maximum absolute atomic E-state index is 11.8. The van der Waals surface area contributed by atoms with Crippen LogP contribution < -0.4 is 11.1 Å². The normalized spacial score (nSPS) is 10.3. The van der Waals surface area contributed by atoms with E-state index >= 15 is 0 Å². The summed E-state index contributed by atoms with van der Waals surface area (Å²) in [7, 11) is 0. The molecule has 0 bridgehead atoms. The van der Waals surface area contributed by atoms with E-state index in [0.29, 0.717) is 24.3 Å². The lowest BCUT2D eigenvalue weighted by Crippen LogP contribution is -2.28. The molecule has 0 radical (unpaired) electrons. The number of rotatable bonds is 4. The number of amides is 1. The molecule has 94 valence electrons. The van der Waals surface area contributed by atoms with Crippen LogP contribution in [0, 0.1) is 6.92 Å². The minimum Gasteiger partial charge on any atom is -0.398 e. The summed E-state index contributed by atoms with van der Waals surface area (Å²) in [4.78, 5) is 15.9. The minimum atomic E-state index is -0.236. The van der Waals surface area contributed by atoms with Crippen molar-refractivity contribution in [1.82, 2.24) is 25.3 Å². The number of carbonyl (C=O) groups excluding carboxylic acids is 1. The van der Waals surface area contributed by atoms with Gasteiger partial charge >= 0.3 is 0 Å². The number of hydrogen-bond donors (Lipinski definition) is 2. The standard InChI is InChI=1S/C11H14N6O/c1-8-6-10(12)9(7-14-8)11(18)13-2-4-17-5-3-15-16-17/h3,5-7H,2,4H2,1H3,(H2,12,14)(H,13,18). The monoisotopic (exact) mass is 246 g/mol. The molecule has 0 aliphatic carbocycles. The van der Waals surface area contributed by atoms with Gasteiger partial charge in [-0.3, -0.25) is 14.5 Å². The van der Waals surface area contributed by atoms with Crippen molar-refractivity contribution in [3.63, 3.8) is 0 Å². The molecule has 7 nitrogen and oxygen atoms in total. The van der Waals surface area contributed by atoms with Crippen molar-refractivity contribution in [2.75, 3.05) is 12.3 Å². The van der Waals surface area contributed by atoms with Gasteiger partial charge in [-0.25, -0.2) is 0 Å². The van der Waals surface area contributed by atoms with Gasteiger partial charge in [0.1, 0.15) is 0 Å². The second-order valence-electron chi connectivity index (χ2n) is 3.83. The van der Waals surface area contributed by atoms with Crippen molar-refractivity contribution < 1.29 is 4.79 Å².